The highest BCUT2D eigenvalue weighted by atomic mass is 35.6. The number of hydrogen-bond acceptors (Lipinski definition) is 2. The monoisotopic (exact) mass is 343 g/mol. The van der Waals surface area contributed by atoms with Crippen LogP contribution < -0.4 is 10.1 Å². The normalized spacial score (nSPS) is 12.9. The molecule has 0 fully saturated rings. The van der Waals surface area contributed by atoms with E-state index in [2.05, 4.69) is 5.32 Å². The van der Waals surface area contributed by atoms with Gasteiger partial charge in [0.25, 0.3) is 0 Å². The molecule has 0 bridgehead atoms. The summed E-state index contributed by atoms with van der Waals surface area (Å²) in [5.74, 6) is 0.0724. The average molecular weight is 345 g/mol. The first kappa shape index (κ1) is 16.7. The predicted molar refractivity (Wildman–Crippen MR) is 79.2 cm³/mol. The van der Waals surface area contributed by atoms with Gasteiger partial charge in [0.1, 0.15) is 5.75 Å². The van der Waals surface area contributed by atoms with Crippen molar-refractivity contribution in [2.24, 2.45) is 0 Å². The summed E-state index contributed by atoms with van der Waals surface area (Å²) >= 11 is 23.3. The zero-order valence-electron chi connectivity index (χ0n) is 10.1. The molecule has 1 N–H and O–H groups in total. The minimum atomic E-state index is -1.80. The Hall–Kier alpha value is -0.350. The number of amides is 1. The van der Waals surface area contributed by atoms with Gasteiger partial charge < -0.3 is 10.1 Å². The number of benzene rings is 1. The van der Waals surface area contributed by atoms with Crippen LogP contribution in [0.3, 0.4) is 0 Å². The second-order valence-corrected chi connectivity index (χ2v) is 6.56. The van der Waals surface area contributed by atoms with Crippen molar-refractivity contribution in [3.8, 4) is 5.75 Å². The molecule has 0 unspecified atom stereocenters. The fourth-order valence-electron chi connectivity index (χ4n) is 1.29. The second kappa shape index (κ2) is 7.44. The molecule has 0 radical (unpaired) electrons. The summed E-state index contributed by atoms with van der Waals surface area (Å²) in [6.07, 6.45) is -0.107. The molecule has 0 saturated heterocycles. The van der Waals surface area contributed by atoms with Crippen LogP contribution in [0.5, 0.6) is 5.75 Å². The van der Waals surface area contributed by atoms with E-state index < -0.39 is 10.0 Å². The van der Waals surface area contributed by atoms with Crippen LogP contribution in [0, 0.1) is 0 Å². The molecule has 1 aromatic carbocycles. The molecule has 1 aromatic rings. The van der Waals surface area contributed by atoms with Crippen molar-refractivity contribution in [2.75, 3.05) is 0 Å². The minimum absolute atomic E-state index is 0.258. The quantitative estimate of drug-likeness (QED) is 0.637. The maximum Gasteiger partial charge on any atom is 0.246 e. The van der Waals surface area contributed by atoms with E-state index in [1.807, 2.05) is 6.92 Å². The van der Waals surface area contributed by atoms with Gasteiger partial charge in [-0.1, -0.05) is 65.5 Å². The smallest absolute Gasteiger partial charge is 0.246 e. The molecule has 0 aliphatic heterocycles. The molecule has 0 aliphatic rings. The lowest BCUT2D eigenvalue weighted by Crippen LogP contribution is -2.47. The lowest BCUT2D eigenvalue weighted by molar-refractivity contribution is -0.123. The Bertz CT molecular complexity index is 434. The van der Waals surface area contributed by atoms with Crippen molar-refractivity contribution in [1.29, 1.82) is 0 Å². The van der Waals surface area contributed by atoms with Gasteiger partial charge in [-0.15, -0.1) is 0 Å². The van der Waals surface area contributed by atoms with Crippen LogP contribution in [0.25, 0.3) is 0 Å². The number of carbonyl (C=O) groups excluding carboxylic acids is 1. The SMILES string of the molecule is CCCC(=O)N[C@@H](Oc1ccccc1Cl)C(Cl)(Cl)Cl. The third-order valence-corrected chi connectivity index (χ3v) is 3.05. The van der Waals surface area contributed by atoms with E-state index in [0.717, 1.165) is 0 Å². The molecule has 0 spiro atoms. The van der Waals surface area contributed by atoms with E-state index in [-0.39, 0.29) is 5.91 Å². The third kappa shape index (κ3) is 5.65. The highest BCUT2D eigenvalue weighted by molar-refractivity contribution is 6.68. The van der Waals surface area contributed by atoms with Crippen LogP contribution in [-0.4, -0.2) is 15.9 Å². The second-order valence-electron chi connectivity index (χ2n) is 3.79. The van der Waals surface area contributed by atoms with E-state index in [4.69, 9.17) is 51.1 Å². The molecule has 19 heavy (non-hydrogen) atoms. The van der Waals surface area contributed by atoms with E-state index in [9.17, 15) is 4.79 Å². The highest BCUT2D eigenvalue weighted by Crippen LogP contribution is 2.34. The summed E-state index contributed by atoms with van der Waals surface area (Å²) in [4.78, 5) is 11.6. The third-order valence-electron chi connectivity index (χ3n) is 2.15. The summed E-state index contributed by atoms with van der Waals surface area (Å²) in [5, 5.41) is 2.89. The number of ether oxygens (including phenoxy) is 1. The molecule has 1 amide bonds. The summed E-state index contributed by atoms with van der Waals surface area (Å²) in [6, 6.07) is 6.73. The number of halogens is 4. The Morgan fingerprint density at radius 2 is 2.00 bits per heavy atom. The van der Waals surface area contributed by atoms with Gasteiger partial charge in [0.05, 0.1) is 5.02 Å². The lowest BCUT2D eigenvalue weighted by atomic mass is 10.3. The van der Waals surface area contributed by atoms with Crippen LogP contribution in [0.4, 0.5) is 0 Å². The maximum absolute atomic E-state index is 11.6. The van der Waals surface area contributed by atoms with E-state index in [0.29, 0.717) is 23.6 Å². The van der Waals surface area contributed by atoms with Gasteiger partial charge in [0.15, 0.2) is 0 Å². The molecule has 3 nitrogen and oxygen atoms in total. The summed E-state index contributed by atoms with van der Waals surface area (Å²) < 4.78 is 3.66. The molecular weight excluding hydrogens is 332 g/mol. The molecule has 0 saturated carbocycles. The number of hydrogen-bond donors (Lipinski definition) is 1. The standard InChI is InChI=1S/C12H13Cl4NO2/c1-2-5-10(18)17-11(12(14,15)16)19-9-7-4-3-6-8(9)13/h3-4,6-7,11H,2,5H2,1H3,(H,17,18)/t11-/m0/s1. The lowest BCUT2D eigenvalue weighted by Gasteiger charge is -2.26. The molecular formula is C12H13Cl4NO2. The first-order valence-electron chi connectivity index (χ1n) is 5.62. The molecule has 106 valence electrons. The van der Waals surface area contributed by atoms with Gasteiger partial charge in [-0.25, -0.2) is 0 Å². The van der Waals surface area contributed by atoms with Crippen molar-refractivity contribution in [1.82, 2.24) is 5.32 Å². The Morgan fingerprint density at radius 3 is 2.53 bits per heavy atom. The van der Waals surface area contributed by atoms with Crippen LogP contribution in [0.2, 0.25) is 5.02 Å². The van der Waals surface area contributed by atoms with Gasteiger partial charge in [0, 0.05) is 6.42 Å². The molecule has 7 heteroatoms. The number of rotatable bonds is 5. The summed E-state index contributed by atoms with van der Waals surface area (Å²) in [7, 11) is 0. The number of nitrogens with one attached hydrogen (secondary N) is 1. The van der Waals surface area contributed by atoms with Crippen molar-refractivity contribution >= 4 is 52.3 Å². The van der Waals surface area contributed by atoms with Gasteiger partial charge in [-0.3, -0.25) is 4.79 Å². The maximum atomic E-state index is 11.6. The van der Waals surface area contributed by atoms with Crippen LogP contribution >= 0.6 is 46.4 Å². The molecule has 1 atom stereocenters. The first-order valence-corrected chi connectivity index (χ1v) is 7.13. The highest BCUT2D eigenvalue weighted by Gasteiger charge is 2.36. The molecule has 0 aromatic heterocycles. The van der Waals surface area contributed by atoms with Gasteiger partial charge in [0.2, 0.25) is 15.9 Å². The molecule has 0 aliphatic carbocycles. The fourth-order valence-corrected chi connectivity index (χ4v) is 1.77. The Balaban J connectivity index is 2.82. The fraction of sp³-hybridized carbons (Fsp3) is 0.417. The van der Waals surface area contributed by atoms with E-state index in [1.54, 1.807) is 24.3 Å². The number of alkyl halides is 3. The van der Waals surface area contributed by atoms with Crippen molar-refractivity contribution in [3.05, 3.63) is 29.3 Å². The van der Waals surface area contributed by atoms with Crippen molar-refractivity contribution in [3.63, 3.8) is 0 Å². The zero-order chi connectivity index (χ0) is 14.5. The summed E-state index contributed by atoms with van der Waals surface area (Å²) in [6.45, 7) is 1.87. The van der Waals surface area contributed by atoms with Gasteiger partial charge in [-0.05, 0) is 18.6 Å². The first-order chi connectivity index (χ1) is 8.84. The van der Waals surface area contributed by atoms with Gasteiger partial charge >= 0.3 is 0 Å². The summed E-state index contributed by atoms with van der Waals surface area (Å²) in [5.41, 5.74) is 0. The Labute approximate surface area is 132 Å². The van der Waals surface area contributed by atoms with Crippen LogP contribution in [0.1, 0.15) is 19.8 Å². The number of carbonyl (C=O) groups is 1. The Morgan fingerprint density at radius 1 is 1.37 bits per heavy atom. The predicted octanol–water partition coefficient (Wildman–Crippen LogP) is 4.33. The number of para-hydroxylation sites is 1. The minimum Gasteiger partial charge on any atom is -0.464 e. The zero-order valence-corrected chi connectivity index (χ0v) is 13.2. The van der Waals surface area contributed by atoms with Crippen molar-refractivity contribution < 1.29 is 9.53 Å². The average Bonchev–Trinajstić information content (AvgIpc) is 2.30. The largest absolute Gasteiger partial charge is 0.464 e. The van der Waals surface area contributed by atoms with Crippen LogP contribution in [0.15, 0.2) is 24.3 Å². The molecule has 1 rings (SSSR count). The van der Waals surface area contributed by atoms with Crippen LogP contribution in [-0.2, 0) is 4.79 Å². The molecule has 0 heterocycles. The van der Waals surface area contributed by atoms with Crippen molar-refractivity contribution in [2.45, 2.75) is 29.8 Å². The Kier molecular flexibility index (Phi) is 6.54. The topological polar surface area (TPSA) is 38.3 Å². The van der Waals surface area contributed by atoms with E-state index >= 15 is 0 Å². The van der Waals surface area contributed by atoms with Gasteiger partial charge in [-0.2, -0.15) is 0 Å². The van der Waals surface area contributed by atoms with E-state index in [1.165, 1.54) is 0 Å².